The average Bonchev–Trinajstić information content (AvgIpc) is 2.70. The third-order valence-corrected chi connectivity index (χ3v) is 6.29. The molecule has 1 N–H and O–H groups in total. The summed E-state index contributed by atoms with van der Waals surface area (Å²) in [7, 11) is -9.51. The molecule has 4 aromatic rings. The minimum atomic E-state index is -4.80. The number of nitrogens with zero attached hydrogens (tertiary/aromatic N) is 2. The molecule has 0 aliphatic rings. The molecule has 32 heavy (non-hydrogen) atoms. The van der Waals surface area contributed by atoms with Gasteiger partial charge in [0, 0.05) is 10.8 Å². The van der Waals surface area contributed by atoms with Crippen LogP contribution in [-0.2, 0) is 37.3 Å². The molecule has 12 heteroatoms. The predicted octanol–water partition coefficient (Wildman–Crippen LogP) is 3.63. The largest absolute Gasteiger partial charge is 2.00 e. The molecule has 0 bridgehead atoms. The Morgan fingerprint density at radius 1 is 0.781 bits per heavy atom. The van der Waals surface area contributed by atoms with Crippen LogP contribution in [-0.4, -0.2) is 25.9 Å². The third-order valence-electron chi connectivity index (χ3n) is 4.57. The van der Waals surface area contributed by atoms with Crippen LogP contribution >= 0.6 is 0 Å². The van der Waals surface area contributed by atoms with Gasteiger partial charge in [-0.1, -0.05) is 48.2 Å². The van der Waals surface area contributed by atoms with E-state index in [0.717, 1.165) is 29.7 Å². The number of benzene rings is 4. The van der Waals surface area contributed by atoms with Crippen molar-refractivity contribution in [1.29, 1.82) is 0 Å². The second-order valence-corrected chi connectivity index (χ2v) is 9.36. The summed E-state index contributed by atoms with van der Waals surface area (Å²) < 4.78 is 67.2. The van der Waals surface area contributed by atoms with Crippen LogP contribution in [0.2, 0.25) is 0 Å². The minimum absolute atomic E-state index is 0. The fraction of sp³-hybridized carbons (Fsp3) is 0. The van der Waals surface area contributed by atoms with Crippen molar-refractivity contribution in [2.75, 3.05) is 0 Å². The molecular formula is C20H12MnN2O7S2. The Labute approximate surface area is 193 Å². The van der Waals surface area contributed by atoms with Gasteiger partial charge in [-0.3, -0.25) is 4.55 Å². The molecule has 0 atom stereocenters. The van der Waals surface area contributed by atoms with Crippen molar-refractivity contribution in [2.45, 2.75) is 9.79 Å². The summed E-state index contributed by atoms with van der Waals surface area (Å²) in [6.07, 6.45) is 0. The zero-order valence-corrected chi connectivity index (χ0v) is 18.6. The first-order chi connectivity index (χ1) is 14.5. The van der Waals surface area contributed by atoms with E-state index in [1.54, 1.807) is 30.3 Å². The number of hydrogen-bond acceptors (Lipinski definition) is 8. The van der Waals surface area contributed by atoms with E-state index in [9.17, 15) is 31.0 Å². The van der Waals surface area contributed by atoms with Gasteiger partial charge in [0.2, 0.25) is 0 Å². The summed E-state index contributed by atoms with van der Waals surface area (Å²) in [5, 5.41) is 21.4. The first-order valence-corrected chi connectivity index (χ1v) is 11.5. The van der Waals surface area contributed by atoms with Gasteiger partial charge >= 0.3 is 17.1 Å². The van der Waals surface area contributed by atoms with Crippen LogP contribution in [0.25, 0.3) is 21.5 Å². The Morgan fingerprint density at radius 2 is 1.50 bits per heavy atom. The monoisotopic (exact) mass is 511 g/mol. The van der Waals surface area contributed by atoms with Gasteiger partial charge in [-0.2, -0.15) is 18.6 Å². The van der Waals surface area contributed by atoms with Gasteiger partial charge in [-0.15, -0.1) is 0 Å². The van der Waals surface area contributed by atoms with Gasteiger partial charge in [-0.05, 0) is 35.0 Å². The van der Waals surface area contributed by atoms with E-state index >= 15 is 0 Å². The van der Waals surface area contributed by atoms with Gasteiger partial charge in [-0.25, -0.2) is 8.42 Å². The average molecular weight is 511 g/mol. The van der Waals surface area contributed by atoms with E-state index in [-0.39, 0.29) is 39.2 Å². The van der Waals surface area contributed by atoms with Crippen molar-refractivity contribution in [1.82, 2.24) is 0 Å². The van der Waals surface area contributed by atoms with E-state index in [0.29, 0.717) is 5.39 Å². The Hall–Kier alpha value is -2.86. The zero-order chi connectivity index (χ0) is 22.4. The molecule has 9 nitrogen and oxygen atoms in total. The standard InChI is InChI=1S/C20H14N2O7S2.Mn/c23-18-8-5-12-3-1-2-4-17(12)20(18)22-21-14-9-13-10-15(30(24,25)26)6-7-16(13)19(11-14)31(27,28)29;/h1-11,23H,(H,24,25,26)(H,27,28,29);/q;+2/p-2. The van der Waals surface area contributed by atoms with E-state index in [2.05, 4.69) is 10.2 Å². The third kappa shape index (κ3) is 4.65. The SMILES string of the molecule is O=S(=O)([O-])c1ccc2c(S(=O)(=O)O)cc(N=Nc3c([O-])ccc4ccccc34)cc2c1.[Mn+2]. The van der Waals surface area contributed by atoms with Crippen molar-refractivity contribution in [2.24, 2.45) is 10.2 Å². The van der Waals surface area contributed by atoms with Crippen LogP contribution < -0.4 is 5.11 Å². The van der Waals surface area contributed by atoms with Gasteiger partial charge in [0.05, 0.1) is 16.3 Å². The Bertz CT molecular complexity index is 1600. The topological polar surface area (TPSA) is 159 Å². The maximum atomic E-state index is 12.3. The number of fused-ring (bicyclic) bond motifs is 2. The first-order valence-electron chi connectivity index (χ1n) is 8.66. The molecule has 0 aromatic heterocycles. The summed E-state index contributed by atoms with van der Waals surface area (Å²) >= 11 is 0. The van der Waals surface area contributed by atoms with E-state index < -0.39 is 35.8 Å². The van der Waals surface area contributed by atoms with Gasteiger partial charge in [0.15, 0.2) is 0 Å². The molecule has 0 aliphatic heterocycles. The summed E-state index contributed by atoms with van der Waals surface area (Å²) in [5.41, 5.74) is -0.0459. The van der Waals surface area contributed by atoms with Crippen LogP contribution in [0, 0.1) is 0 Å². The smallest absolute Gasteiger partial charge is 0.871 e. The summed E-state index contributed by atoms with van der Waals surface area (Å²) in [4.78, 5) is -1.12. The Kier molecular flexibility index (Phi) is 6.38. The first kappa shape index (κ1) is 23.8. The molecule has 0 aliphatic carbocycles. The molecular weight excluding hydrogens is 499 g/mol. The second kappa shape index (κ2) is 8.58. The normalized spacial score (nSPS) is 12.3. The van der Waals surface area contributed by atoms with Gasteiger partial charge in [0.1, 0.15) is 15.0 Å². The molecule has 0 saturated heterocycles. The maximum absolute atomic E-state index is 12.3. The Balaban J connectivity index is 0.00000289. The number of rotatable bonds is 4. The van der Waals surface area contributed by atoms with E-state index in [4.69, 9.17) is 0 Å². The number of azo groups is 1. The van der Waals surface area contributed by atoms with Crippen LogP contribution in [0.4, 0.5) is 11.4 Å². The van der Waals surface area contributed by atoms with Crippen molar-refractivity contribution in [3.63, 3.8) is 0 Å². The second-order valence-electron chi connectivity index (χ2n) is 6.59. The van der Waals surface area contributed by atoms with Gasteiger partial charge < -0.3 is 9.66 Å². The maximum Gasteiger partial charge on any atom is 2.00 e. The molecule has 1 radical (unpaired) electrons. The summed E-state index contributed by atoms with van der Waals surface area (Å²) in [6.45, 7) is 0. The van der Waals surface area contributed by atoms with Crippen LogP contribution in [0.3, 0.4) is 0 Å². The fourth-order valence-electron chi connectivity index (χ4n) is 3.17. The predicted molar refractivity (Wildman–Crippen MR) is 109 cm³/mol. The quantitative estimate of drug-likeness (QED) is 0.249. The van der Waals surface area contributed by atoms with Crippen LogP contribution in [0.5, 0.6) is 5.75 Å². The van der Waals surface area contributed by atoms with Crippen LogP contribution in [0.15, 0.2) is 86.7 Å². The minimum Gasteiger partial charge on any atom is -0.871 e. The van der Waals surface area contributed by atoms with Crippen LogP contribution in [0.1, 0.15) is 0 Å². The molecule has 0 heterocycles. The molecule has 4 rings (SSSR count). The van der Waals surface area contributed by atoms with Crippen molar-refractivity contribution >= 4 is 53.2 Å². The van der Waals surface area contributed by atoms with Crippen molar-refractivity contribution in [3.05, 3.63) is 66.7 Å². The fourth-order valence-corrected chi connectivity index (χ4v) is 4.41. The number of hydrogen-bond donors (Lipinski definition) is 1. The zero-order valence-electron chi connectivity index (χ0n) is 15.8. The van der Waals surface area contributed by atoms with E-state index in [1.807, 2.05) is 0 Å². The summed E-state index contributed by atoms with van der Waals surface area (Å²) in [5.74, 6) is -0.405. The molecule has 163 valence electrons. The molecule has 4 aromatic carbocycles. The molecule has 0 spiro atoms. The van der Waals surface area contributed by atoms with Crippen molar-refractivity contribution in [3.8, 4) is 5.75 Å². The van der Waals surface area contributed by atoms with Crippen molar-refractivity contribution < 1.29 is 48.1 Å². The molecule has 0 amide bonds. The molecule has 0 fully saturated rings. The van der Waals surface area contributed by atoms with Gasteiger partial charge in [0.25, 0.3) is 10.1 Å². The summed E-state index contributed by atoms with van der Waals surface area (Å²) in [6, 6.07) is 15.3. The Morgan fingerprint density at radius 3 is 2.19 bits per heavy atom. The molecule has 0 saturated carbocycles. The van der Waals surface area contributed by atoms with E-state index in [1.165, 1.54) is 12.1 Å². The molecule has 0 unspecified atom stereocenters.